The quantitative estimate of drug-likeness (QED) is 0.436. The van der Waals surface area contributed by atoms with Crippen molar-refractivity contribution in [1.82, 2.24) is 19.9 Å². The van der Waals surface area contributed by atoms with Crippen molar-refractivity contribution in [1.29, 1.82) is 0 Å². The number of aromatic amines is 1. The fourth-order valence-electron chi connectivity index (χ4n) is 3.48. The molecule has 5 aromatic rings. The molecule has 29 heavy (non-hydrogen) atoms. The van der Waals surface area contributed by atoms with Crippen molar-refractivity contribution in [3.05, 3.63) is 85.2 Å². The number of anilines is 1. The van der Waals surface area contributed by atoms with Crippen molar-refractivity contribution < 1.29 is 4.42 Å². The fourth-order valence-corrected chi connectivity index (χ4v) is 3.48. The average Bonchev–Trinajstić information content (AvgIpc) is 3.43. The maximum Gasteiger partial charge on any atom is 0.232 e. The van der Waals surface area contributed by atoms with Gasteiger partial charge in [0.1, 0.15) is 17.9 Å². The summed E-state index contributed by atoms with van der Waals surface area (Å²) in [4.78, 5) is 16.1. The molecule has 0 saturated heterocycles. The third kappa shape index (κ3) is 3.36. The second-order valence-corrected chi connectivity index (χ2v) is 6.69. The van der Waals surface area contributed by atoms with E-state index in [1.807, 2.05) is 54.7 Å². The van der Waals surface area contributed by atoms with Crippen molar-refractivity contribution in [3.63, 3.8) is 0 Å². The largest absolute Gasteiger partial charge is 0.437 e. The number of H-pyrrole nitrogens is 1. The first-order valence-electron chi connectivity index (χ1n) is 9.49. The summed E-state index contributed by atoms with van der Waals surface area (Å²) in [6, 6.07) is 20.3. The lowest BCUT2D eigenvalue weighted by molar-refractivity contribution is 0.618. The van der Waals surface area contributed by atoms with Crippen LogP contribution < -0.4 is 5.32 Å². The Morgan fingerprint density at radius 2 is 1.66 bits per heavy atom. The lowest BCUT2D eigenvalue weighted by Gasteiger charge is -2.08. The molecule has 0 amide bonds. The summed E-state index contributed by atoms with van der Waals surface area (Å²) >= 11 is 0. The summed E-state index contributed by atoms with van der Waals surface area (Å²) in [5, 5.41) is 4.33. The second kappa shape index (κ2) is 7.59. The molecule has 0 bridgehead atoms. The summed E-state index contributed by atoms with van der Waals surface area (Å²) in [5.74, 6) is 1.56. The lowest BCUT2D eigenvalue weighted by Crippen LogP contribution is -2.07. The molecular weight excluding hydrogens is 362 g/mol. The van der Waals surface area contributed by atoms with Gasteiger partial charge in [-0.2, -0.15) is 0 Å². The van der Waals surface area contributed by atoms with Crippen LogP contribution in [-0.2, 0) is 6.42 Å². The molecule has 2 N–H and O–H groups in total. The number of nitrogens with zero attached hydrogens (tertiary/aromatic N) is 3. The highest BCUT2D eigenvalue weighted by molar-refractivity contribution is 6.05. The van der Waals surface area contributed by atoms with Gasteiger partial charge in [-0.15, -0.1) is 0 Å². The van der Waals surface area contributed by atoms with E-state index in [2.05, 4.69) is 37.4 Å². The van der Waals surface area contributed by atoms with Gasteiger partial charge in [-0.05, 0) is 5.56 Å². The molecule has 0 aliphatic carbocycles. The van der Waals surface area contributed by atoms with Gasteiger partial charge in [0.25, 0.3) is 0 Å². The lowest BCUT2D eigenvalue weighted by atomic mass is 9.99. The van der Waals surface area contributed by atoms with Gasteiger partial charge >= 0.3 is 0 Å². The highest BCUT2D eigenvalue weighted by atomic mass is 16.3. The number of aromatic nitrogens is 4. The minimum absolute atomic E-state index is 0.571. The van der Waals surface area contributed by atoms with Gasteiger partial charge < -0.3 is 14.7 Å². The number of imidazole rings is 1. The van der Waals surface area contributed by atoms with Crippen molar-refractivity contribution >= 4 is 16.9 Å². The molecule has 0 saturated carbocycles. The van der Waals surface area contributed by atoms with E-state index in [1.54, 1.807) is 6.33 Å². The van der Waals surface area contributed by atoms with Crippen LogP contribution in [0.3, 0.4) is 0 Å². The smallest absolute Gasteiger partial charge is 0.232 e. The zero-order valence-corrected chi connectivity index (χ0v) is 15.7. The normalized spacial score (nSPS) is 11.0. The number of fused-ring (bicyclic) bond motifs is 1. The van der Waals surface area contributed by atoms with Crippen LogP contribution in [0.25, 0.3) is 33.6 Å². The van der Waals surface area contributed by atoms with E-state index in [0.29, 0.717) is 12.3 Å². The summed E-state index contributed by atoms with van der Waals surface area (Å²) in [6.07, 6.45) is 5.87. The monoisotopic (exact) mass is 381 g/mol. The molecule has 5 rings (SSSR count). The van der Waals surface area contributed by atoms with Gasteiger partial charge in [-0.3, -0.25) is 0 Å². The van der Waals surface area contributed by atoms with Gasteiger partial charge in [0.15, 0.2) is 0 Å². The molecule has 0 spiro atoms. The highest BCUT2D eigenvalue weighted by Gasteiger charge is 2.21. The van der Waals surface area contributed by atoms with E-state index in [1.165, 1.54) is 6.33 Å². The van der Waals surface area contributed by atoms with E-state index in [-0.39, 0.29) is 0 Å². The molecule has 3 aromatic heterocycles. The van der Waals surface area contributed by atoms with E-state index in [4.69, 9.17) is 4.42 Å². The molecule has 142 valence electrons. The van der Waals surface area contributed by atoms with Crippen LogP contribution >= 0.6 is 0 Å². The Hall–Kier alpha value is -3.93. The van der Waals surface area contributed by atoms with Crippen molar-refractivity contribution in [2.24, 2.45) is 0 Å². The number of rotatable bonds is 6. The summed E-state index contributed by atoms with van der Waals surface area (Å²) in [7, 11) is 0. The Morgan fingerprint density at radius 1 is 0.897 bits per heavy atom. The van der Waals surface area contributed by atoms with Crippen LogP contribution in [-0.4, -0.2) is 26.5 Å². The minimum Gasteiger partial charge on any atom is -0.437 e. The Balaban J connectivity index is 1.62. The van der Waals surface area contributed by atoms with Crippen LogP contribution in [0.4, 0.5) is 5.82 Å². The van der Waals surface area contributed by atoms with Crippen LogP contribution in [0.5, 0.6) is 0 Å². The molecule has 3 heterocycles. The van der Waals surface area contributed by atoms with Crippen molar-refractivity contribution in [2.45, 2.75) is 6.42 Å². The van der Waals surface area contributed by atoms with Crippen LogP contribution in [0.2, 0.25) is 0 Å². The van der Waals surface area contributed by atoms with E-state index in [0.717, 1.165) is 45.8 Å². The SMILES string of the molecule is c1ccc(-c2oc3ncnc(NCCc4cnc[nH]4)c3c2-c2ccccc2)cc1. The van der Waals surface area contributed by atoms with Crippen LogP contribution in [0.1, 0.15) is 5.69 Å². The topological polar surface area (TPSA) is 79.6 Å². The maximum atomic E-state index is 6.23. The molecule has 0 aliphatic heterocycles. The first-order chi connectivity index (χ1) is 14.4. The molecular formula is C23H19N5O. The number of nitrogens with one attached hydrogen (secondary N) is 2. The van der Waals surface area contributed by atoms with Gasteiger partial charge in [0.05, 0.1) is 11.7 Å². The number of hydrogen-bond acceptors (Lipinski definition) is 5. The van der Waals surface area contributed by atoms with E-state index >= 15 is 0 Å². The summed E-state index contributed by atoms with van der Waals surface area (Å²) in [5.41, 5.74) is 4.71. The van der Waals surface area contributed by atoms with Gasteiger partial charge in [0.2, 0.25) is 5.71 Å². The third-order valence-corrected chi connectivity index (χ3v) is 4.83. The standard InChI is InChI=1S/C23H19N5O/c1-3-7-16(8-4-1)19-20-22(25-12-11-18-13-24-14-26-18)27-15-28-23(20)29-21(19)17-9-5-2-6-10-17/h1-10,13-15H,11-12H2,(H,24,26)(H,25,27,28). The van der Waals surface area contributed by atoms with Crippen molar-refractivity contribution in [3.8, 4) is 22.5 Å². The molecule has 0 atom stereocenters. The molecule has 0 aliphatic rings. The molecule has 0 unspecified atom stereocenters. The predicted molar refractivity (Wildman–Crippen MR) is 113 cm³/mol. The zero-order valence-electron chi connectivity index (χ0n) is 15.7. The van der Waals surface area contributed by atoms with E-state index < -0.39 is 0 Å². The Bertz CT molecular complexity index is 1210. The third-order valence-electron chi connectivity index (χ3n) is 4.83. The van der Waals surface area contributed by atoms with E-state index in [9.17, 15) is 0 Å². The first-order valence-corrected chi connectivity index (χ1v) is 9.49. The Morgan fingerprint density at radius 3 is 2.38 bits per heavy atom. The maximum absolute atomic E-state index is 6.23. The Labute approximate surface area is 167 Å². The number of hydrogen-bond donors (Lipinski definition) is 2. The zero-order chi connectivity index (χ0) is 19.5. The number of benzene rings is 2. The molecule has 6 nitrogen and oxygen atoms in total. The minimum atomic E-state index is 0.571. The molecule has 0 fully saturated rings. The summed E-state index contributed by atoms with van der Waals surface area (Å²) < 4.78 is 6.23. The van der Waals surface area contributed by atoms with Crippen LogP contribution in [0.15, 0.2) is 83.9 Å². The molecule has 0 radical (unpaired) electrons. The number of furan rings is 1. The molecule has 2 aromatic carbocycles. The summed E-state index contributed by atoms with van der Waals surface area (Å²) in [6.45, 7) is 0.717. The predicted octanol–water partition coefficient (Wildman–Crippen LogP) is 4.93. The average molecular weight is 381 g/mol. The van der Waals surface area contributed by atoms with Crippen molar-refractivity contribution in [2.75, 3.05) is 11.9 Å². The van der Waals surface area contributed by atoms with Gasteiger partial charge in [-0.25, -0.2) is 15.0 Å². The van der Waals surface area contributed by atoms with Gasteiger partial charge in [0, 0.05) is 36.0 Å². The Kier molecular flexibility index (Phi) is 4.50. The highest BCUT2D eigenvalue weighted by Crippen LogP contribution is 2.42. The first kappa shape index (κ1) is 17.2. The van der Waals surface area contributed by atoms with Gasteiger partial charge in [-0.1, -0.05) is 60.7 Å². The fraction of sp³-hybridized carbons (Fsp3) is 0.0870. The van der Waals surface area contributed by atoms with Crippen LogP contribution in [0, 0.1) is 0 Å². The second-order valence-electron chi connectivity index (χ2n) is 6.69. The molecule has 6 heteroatoms.